The van der Waals surface area contributed by atoms with Gasteiger partial charge in [0.1, 0.15) is 27.8 Å². The summed E-state index contributed by atoms with van der Waals surface area (Å²) >= 11 is 1.45. The Morgan fingerprint density at radius 3 is 2.79 bits per heavy atom. The van der Waals surface area contributed by atoms with Gasteiger partial charge in [-0.25, -0.2) is 19.3 Å². The van der Waals surface area contributed by atoms with Crippen molar-refractivity contribution in [1.29, 1.82) is 0 Å². The molecule has 0 atom stereocenters. The number of anilines is 4. The molecule has 4 aromatic rings. The van der Waals surface area contributed by atoms with Gasteiger partial charge in [0.2, 0.25) is 0 Å². The van der Waals surface area contributed by atoms with Gasteiger partial charge in [-0.15, -0.1) is 0 Å². The number of rotatable bonds is 6. The van der Waals surface area contributed by atoms with Crippen LogP contribution in [-0.4, -0.2) is 53.2 Å². The fourth-order valence-electron chi connectivity index (χ4n) is 3.82. The highest BCUT2D eigenvalue weighted by Gasteiger charge is 2.14. The SMILES string of the molecule is Cc1ccc(N(C)c2ccc3nc(Nc4cc(CN5CCOCC5)ccn4)sc3n2)c(F)c1. The highest BCUT2D eigenvalue weighted by molar-refractivity contribution is 7.21. The molecule has 170 valence electrons. The lowest BCUT2D eigenvalue weighted by atomic mass is 10.2. The van der Waals surface area contributed by atoms with Crippen molar-refractivity contribution in [3.8, 4) is 0 Å². The number of nitrogens with zero attached hydrogens (tertiary/aromatic N) is 5. The van der Waals surface area contributed by atoms with Crippen LogP contribution < -0.4 is 10.2 Å². The molecular weight excluding hydrogens is 439 g/mol. The van der Waals surface area contributed by atoms with Crippen LogP contribution in [0.1, 0.15) is 11.1 Å². The summed E-state index contributed by atoms with van der Waals surface area (Å²) in [5, 5.41) is 4.02. The molecule has 1 N–H and O–H groups in total. The van der Waals surface area contributed by atoms with Gasteiger partial charge in [-0.3, -0.25) is 4.90 Å². The lowest BCUT2D eigenvalue weighted by Crippen LogP contribution is -2.35. The van der Waals surface area contributed by atoms with Crippen molar-refractivity contribution < 1.29 is 9.13 Å². The number of morpholine rings is 1. The first-order valence-electron chi connectivity index (χ1n) is 10.8. The van der Waals surface area contributed by atoms with Gasteiger partial charge in [0.15, 0.2) is 5.13 Å². The molecule has 0 spiro atoms. The average Bonchev–Trinajstić information content (AvgIpc) is 3.21. The van der Waals surface area contributed by atoms with E-state index in [1.807, 2.05) is 50.5 Å². The maximum absolute atomic E-state index is 14.4. The highest BCUT2D eigenvalue weighted by atomic mass is 32.1. The van der Waals surface area contributed by atoms with Gasteiger partial charge in [-0.05, 0) is 54.4 Å². The van der Waals surface area contributed by atoms with Crippen molar-refractivity contribution in [1.82, 2.24) is 19.9 Å². The molecule has 0 aliphatic carbocycles. The molecule has 4 heterocycles. The van der Waals surface area contributed by atoms with Gasteiger partial charge < -0.3 is 15.0 Å². The minimum absolute atomic E-state index is 0.269. The van der Waals surface area contributed by atoms with Crippen LogP contribution in [0.4, 0.5) is 26.8 Å². The molecule has 5 rings (SSSR count). The van der Waals surface area contributed by atoms with E-state index in [1.54, 1.807) is 11.0 Å². The summed E-state index contributed by atoms with van der Waals surface area (Å²) in [4.78, 5) is 18.7. The van der Waals surface area contributed by atoms with Crippen LogP contribution in [0.5, 0.6) is 0 Å². The predicted octanol–water partition coefficient (Wildman–Crippen LogP) is 4.88. The summed E-state index contributed by atoms with van der Waals surface area (Å²) in [5.74, 6) is 1.14. The standard InChI is InChI=1S/C24H25FN6OS/c1-16-3-5-20(18(25)13-16)30(2)22-6-4-19-23(29-22)33-24(27-19)28-21-14-17(7-8-26-21)15-31-9-11-32-12-10-31/h3-8,13-14H,9-12,15H2,1-2H3,(H,26,27,28). The number of fused-ring (bicyclic) bond motifs is 1. The van der Waals surface area contributed by atoms with Gasteiger partial charge >= 0.3 is 0 Å². The van der Waals surface area contributed by atoms with E-state index in [4.69, 9.17) is 9.72 Å². The average molecular weight is 465 g/mol. The van der Waals surface area contributed by atoms with Crippen LogP contribution in [0.25, 0.3) is 10.3 Å². The summed E-state index contributed by atoms with van der Waals surface area (Å²) in [7, 11) is 1.81. The summed E-state index contributed by atoms with van der Waals surface area (Å²) in [6, 6.07) is 13.0. The third-order valence-corrected chi connectivity index (χ3v) is 6.50. The quantitative estimate of drug-likeness (QED) is 0.436. The molecule has 0 radical (unpaired) electrons. The molecule has 0 bridgehead atoms. The van der Waals surface area contributed by atoms with E-state index in [0.717, 1.165) is 59.7 Å². The molecule has 0 saturated carbocycles. The Labute approximate surface area is 195 Å². The van der Waals surface area contributed by atoms with E-state index in [1.165, 1.54) is 23.0 Å². The third kappa shape index (κ3) is 4.95. The fourth-order valence-corrected chi connectivity index (χ4v) is 4.66. The second kappa shape index (κ2) is 9.38. The summed E-state index contributed by atoms with van der Waals surface area (Å²) in [5.41, 5.74) is 3.34. The molecule has 1 saturated heterocycles. The van der Waals surface area contributed by atoms with Crippen LogP contribution >= 0.6 is 11.3 Å². The molecule has 1 aromatic carbocycles. The zero-order valence-corrected chi connectivity index (χ0v) is 19.4. The number of halogens is 1. The third-order valence-electron chi connectivity index (χ3n) is 5.62. The van der Waals surface area contributed by atoms with E-state index >= 15 is 0 Å². The van der Waals surface area contributed by atoms with Gasteiger partial charge in [0, 0.05) is 32.9 Å². The number of aromatic nitrogens is 3. The van der Waals surface area contributed by atoms with Gasteiger partial charge in [0.25, 0.3) is 0 Å². The van der Waals surface area contributed by atoms with E-state index in [9.17, 15) is 4.39 Å². The number of ether oxygens (including phenoxy) is 1. The maximum atomic E-state index is 14.4. The number of thiazole rings is 1. The Bertz CT molecular complexity index is 1270. The van der Waals surface area contributed by atoms with E-state index < -0.39 is 0 Å². The lowest BCUT2D eigenvalue weighted by Gasteiger charge is -2.26. The van der Waals surface area contributed by atoms with Crippen molar-refractivity contribution in [3.63, 3.8) is 0 Å². The normalized spacial score (nSPS) is 14.5. The molecular formula is C24H25FN6OS. The van der Waals surface area contributed by atoms with Crippen molar-refractivity contribution in [2.24, 2.45) is 0 Å². The monoisotopic (exact) mass is 464 g/mol. The fraction of sp³-hybridized carbons (Fsp3) is 0.292. The first kappa shape index (κ1) is 21.7. The van der Waals surface area contributed by atoms with Gasteiger partial charge in [-0.2, -0.15) is 0 Å². The number of nitrogens with one attached hydrogen (secondary N) is 1. The zero-order chi connectivity index (χ0) is 22.8. The van der Waals surface area contributed by atoms with Crippen molar-refractivity contribution in [2.45, 2.75) is 13.5 Å². The van der Waals surface area contributed by atoms with Crippen molar-refractivity contribution in [3.05, 3.63) is 65.6 Å². The lowest BCUT2D eigenvalue weighted by molar-refractivity contribution is 0.0342. The molecule has 7 nitrogen and oxygen atoms in total. The Balaban J connectivity index is 1.33. The van der Waals surface area contributed by atoms with Crippen molar-refractivity contribution in [2.75, 3.05) is 43.6 Å². The molecule has 3 aromatic heterocycles. The summed E-state index contributed by atoms with van der Waals surface area (Å²) in [6.45, 7) is 6.18. The van der Waals surface area contributed by atoms with Crippen LogP contribution in [0.2, 0.25) is 0 Å². The second-order valence-corrected chi connectivity index (χ2v) is 9.07. The minimum atomic E-state index is -0.269. The molecule has 1 fully saturated rings. The maximum Gasteiger partial charge on any atom is 0.190 e. The highest BCUT2D eigenvalue weighted by Crippen LogP contribution is 2.31. The number of pyridine rings is 2. The van der Waals surface area contributed by atoms with Crippen molar-refractivity contribution >= 4 is 44.1 Å². The summed E-state index contributed by atoms with van der Waals surface area (Å²) < 4.78 is 19.8. The molecule has 9 heteroatoms. The Morgan fingerprint density at radius 1 is 1.12 bits per heavy atom. The van der Waals surface area contributed by atoms with E-state index in [0.29, 0.717) is 11.5 Å². The van der Waals surface area contributed by atoms with Crippen LogP contribution in [0, 0.1) is 12.7 Å². The van der Waals surface area contributed by atoms with Crippen LogP contribution in [-0.2, 0) is 11.3 Å². The number of aryl methyl sites for hydroxylation is 1. The predicted molar refractivity (Wildman–Crippen MR) is 130 cm³/mol. The molecule has 1 aliphatic rings. The molecule has 0 unspecified atom stereocenters. The summed E-state index contributed by atoms with van der Waals surface area (Å²) in [6.07, 6.45) is 1.81. The first-order chi connectivity index (χ1) is 16.0. The Morgan fingerprint density at radius 2 is 1.97 bits per heavy atom. The van der Waals surface area contributed by atoms with E-state index in [-0.39, 0.29) is 5.82 Å². The van der Waals surface area contributed by atoms with Crippen LogP contribution in [0.15, 0.2) is 48.7 Å². The second-order valence-electron chi connectivity index (χ2n) is 8.09. The topological polar surface area (TPSA) is 66.4 Å². The Kier molecular flexibility index (Phi) is 6.17. The minimum Gasteiger partial charge on any atom is -0.379 e. The Hall–Kier alpha value is -3.14. The molecule has 0 amide bonds. The van der Waals surface area contributed by atoms with E-state index in [2.05, 4.69) is 20.2 Å². The largest absolute Gasteiger partial charge is 0.379 e. The first-order valence-corrected chi connectivity index (χ1v) is 11.7. The molecule has 33 heavy (non-hydrogen) atoms. The smallest absolute Gasteiger partial charge is 0.190 e. The number of hydrogen-bond donors (Lipinski definition) is 1. The molecule has 1 aliphatic heterocycles. The van der Waals surface area contributed by atoms with Crippen LogP contribution in [0.3, 0.4) is 0 Å². The van der Waals surface area contributed by atoms with Gasteiger partial charge in [-0.1, -0.05) is 17.4 Å². The zero-order valence-electron chi connectivity index (χ0n) is 18.6. The number of hydrogen-bond acceptors (Lipinski definition) is 8. The number of benzene rings is 1. The van der Waals surface area contributed by atoms with Gasteiger partial charge in [0.05, 0.1) is 18.9 Å².